The van der Waals surface area contributed by atoms with Crippen LogP contribution in [0.5, 0.6) is 0 Å². The summed E-state index contributed by atoms with van der Waals surface area (Å²) >= 11 is 3.50. The molecule has 84 valence electrons. The molecule has 3 nitrogen and oxygen atoms in total. The van der Waals surface area contributed by atoms with Crippen LogP contribution in [0.2, 0.25) is 0 Å². The molecule has 1 aliphatic heterocycles. The Labute approximate surface area is 102 Å². The second kappa shape index (κ2) is 3.86. The molecule has 1 aliphatic rings. The molecule has 0 radical (unpaired) electrons. The van der Waals surface area contributed by atoms with Crippen LogP contribution in [0.3, 0.4) is 0 Å². The fraction of sp³-hybridized carbons (Fsp3) is 0.417. The summed E-state index contributed by atoms with van der Waals surface area (Å²) in [6.07, 6.45) is 2.36. The number of H-pyrrole nitrogens is 1. The van der Waals surface area contributed by atoms with Crippen molar-refractivity contribution in [2.24, 2.45) is 0 Å². The first-order valence-electron chi connectivity index (χ1n) is 5.51. The molecule has 3 rings (SSSR count). The number of hydrogen-bond donors (Lipinski definition) is 1. The van der Waals surface area contributed by atoms with Gasteiger partial charge >= 0.3 is 0 Å². The average molecular weight is 281 g/mol. The number of aromatic amines is 1. The lowest BCUT2D eigenvalue weighted by molar-refractivity contribution is 0.106. The summed E-state index contributed by atoms with van der Waals surface area (Å²) < 4.78 is 6.72. The number of ether oxygens (including phenoxy) is 1. The highest BCUT2D eigenvalue weighted by Crippen LogP contribution is 2.29. The number of aromatic nitrogens is 2. The quantitative estimate of drug-likeness (QED) is 0.869. The average Bonchev–Trinajstić information content (AvgIpc) is 2.82. The number of hydrogen-bond acceptors (Lipinski definition) is 2. The predicted octanol–water partition coefficient (Wildman–Crippen LogP) is 3.49. The molecule has 1 unspecified atom stereocenters. The minimum absolute atomic E-state index is 0.158. The third-order valence-corrected chi connectivity index (χ3v) is 3.45. The van der Waals surface area contributed by atoms with E-state index in [1.807, 2.05) is 0 Å². The lowest BCUT2D eigenvalue weighted by atomic mass is 10.2. The zero-order chi connectivity index (χ0) is 11.1. The highest BCUT2D eigenvalue weighted by Gasteiger charge is 2.21. The van der Waals surface area contributed by atoms with Crippen LogP contribution in [-0.4, -0.2) is 16.6 Å². The Bertz CT molecular complexity index is 529. The van der Waals surface area contributed by atoms with Gasteiger partial charge in [0.1, 0.15) is 11.9 Å². The molecule has 0 spiro atoms. The molecule has 1 aromatic heterocycles. The lowest BCUT2D eigenvalue weighted by Gasteiger charge is -2.03. The van der Waals surface area contributed by atoms with E-state index >= 15 is 0 Å². The molecular weight excluding hydrogens is 268 g/mol. The molecule has 1 fully saturated rings. The number of halogens is 1. The lowest BCUT2D eigenvalue weighted by Crippen LogP contribution is -1.97. The van der Waals surface area contributed by atoms with Gasteiger partial charge in [-0.1, -0.05) is 15.9 Å². The summed E-state index contributed by atoms with van der Waals surface area (Å²) in [5.74, 6) is 0.966. The molecule has 4 heteroatoms. The van der Waals surface area contributed by atoms with E-state index in [1.54, 1.807) is 0 Å². The van der Waals surface area contributed by atoms with Crippen LogP contribution in [0, 0.1) is 6.92 Å². The molecule has 0 aliphatic carbocycles. The Morgan fingerprint density at radius 2 is 2.38 bits per heavy atom. The number of aryl methyl sites for hydroxylation is 1. The van der Waals surface area contributed by atoms with Crippen molar-refractivity contribution in [1.82, 2.24) is 9.97 Å². The summed E-state index contributed by atoms with van der Waals surface area (Å²) in [5.41, 5.74) is 3.32. The Morgan fingerprint density at radius 1 is 1.50 bits per heavy atom. The topological polar surface area (TPSA) is 37.9 Å². The molecule has 0 saturated carbocycles. The van der Waals surface area contributed by atoms with Crippen LogP contribution in [-0.2, 0) is 4.74 Å². The van der Waals surface area contributed by atoms with Crippen LogP contribution < -0.4 is 0 Å². The number of rotatable bonds is 1. The molecule has 1 atom stereocenters. The van der Waals surface area contributed by atoms with E-state index in [2.05, 4.69) is 45.0 Å². The molecule has 2 heterocycles. The molecule has 1 aromatic carbocycles. The van der Waals surface area contributed by atoms with Crippen LogP contribution in [0.25, 0.3) is 11.0 Å². The van der Waals surface area contributed by atoms with E-state index in [1.165, 1.54) is 5.56 Å². The number of nitrogens with one attached hydrogen (secondary N) is 1. The van der Waals surface area contributed by atoms with Gasteiger partial charge in [-0.05, 0) is 37.5 Å². The maximum atomic E-state index is 5.63. The van der Waals surface area contributed by atoms with Crippen molar-refractivity contribution in [3.05, 3.63) is 28.0 Å². The van der Waals surface area contributed by atoms with Gasteiger partial charge in [0.05, 0.1) is 11.0 Å². The van der Waals surface area contributed by atoms with Crippen LogP contribution >= 0.6 is 15.9 Å². The Hall–Kier alpha value is -0.870. The van der Waals surface area contributed by atoms with Crippen molar-refractivity contribution in [1.29, 1.82) is 0 Å². The summed E-state index contributed by atoms with van der Waals surface area (Å²) in [6, 6.07) is 4.15. The van der Waals surface area contributed by atoms with E-state index in [4.69, 9.17) is 4.74 Å². The van der Waals surface area contributed by atoms with E-state index < -0.39 is 0 Å². The SMILES string of the molecule is Cc1cc(Br)cc2[nH]c(C3CCCO3)nc12. The molecule has 0 bridgehead atoms. The molecule has 0 amide bonds. The van der Waals surface area contributed by atoms with Crippen molar-refractivity contribution in [3.63, 3.8) is 0 Å². The maximum Gasteiger partial charge on any atom is 0.136 e. The smallest absolute Gasteiger partial charge is 0.136 e. The van der Waals surface area contributed by atoms with E-state index in [0.717, 1.165) is 40.8 Å². The van der Waals surface area contributed by atoms with Gasteiger partial charge in [0, 0.05) is 11.1 Å². The Morgan fingerprint density at radius 3 is 3.12 bits per heavy atom. The highest BCUT2D eigenvalue weighted by atomic mass is 79.9. The molecule has 1 saturated heterocycles. The van der Waals surface area contributed by atoms with Gasteiger partial charge in [-0.25, -0.2) is 4.98 Å². The monoisotopic (exact) mass is 280 g/mol. The fourth-order valence-electron chi connectivity index (χ4n) is 2.21. The second-order valence-corrected chi connectivity index (χ2v) is 5.16. The van der Waals surface area contributed by atoms with E-state index in [9.17, 15) is 0 Å². The van der Waals surface area contributed by atoms with Crippen molar-refractivity contribution >= 4 is 27.0 Å². The van der Waals surface area contributed by atoms with Gasteiger partial charge in [-0.2, -0.15) is 0 Å². The van der Waals surface area contributed by atoms with Gasteiger partial charge in [0.25, 0.3) is 0 Å². The van der Waals surface area contributed by atoms with Gasteiger partial charge < -0.3 is 9.72 Å². The summed E-state index contributed by atoms with van der Waals surface area (Å²) in [4.78, 5) is 7.99. The standard InChI is InChI=1S/C12H13BrN2O/c1-7-5-8(13)6-9-11(7)15-12(14-9)10-3-2-4-16-10/h5-6,10H,2-4H2,1H3,(H,14,15). The summed E-state index contributed by atoms with van der Waals surface area (Å²) in [6.45, 7) is 2.93. The first-order valence-corrected chi connectivity index (χ1v) is 6.31. The van der Waals surface area contributed by atoms with E-state index in [-0.39, 0.29) is 6.10 Å². The third-order valence-electron chi connectivity index (χ3n) is 2.99. The Kier molecular flexibility index (Phi) is 2.48. The van der Waals surface area contributed by atoms with Gasteiger partial charge in [0.2, 0.25) is 0 Å². The fourth-order valence-corrected chi connectivity index (χ4v) is 2.78. The van der Waals surface area contributed by atoms with Crippen molar-refractivity contribution in [3.8, 4) is 0 Å². The third kappa shape index (κ3) is 1.66. The normalized spacial score (nSPS) is 20.8. The Balaban J connectivity index is 2.11. The summed E-state index contributed by atoms with van der Waals surface area (Å²) in [7, 11) is 0. The predicted molar refractivity (Wildman–Crippen MR) is 66.5 cm³/mol. The van der Waals surface area contributed by atoms with E-state index in [0.29, 0.717) is 0 Å². The summed E-state index contributed by atoms with van der Waals surface area (Å²) in [5, 5.41) is 0. The first kappa shape index (κ1) is 10.3. The minimum atomic E-state index is 0.158. The number of nitrogens with zero attached hydrogens (tertiary/aromatic N) is 1. The van der Waals surface area contributed by atoms with Crippen LogP contribution in [0.4, 0.5) is 0 Å². The van der Waals surface area contributed by atoms with Gasteiger partial charge in [0.15, 0.2) is 0 Å². The number of fused-ring (bicyclic) bond motifs is 1. The highest BCUT2D eigenvalue weighted by molar-refractivity contribution is 9.10. The zero-order valence-electron chi connectivity index (χ0n) is 9.09. The van der Waals surface area contributed by atoms with Gasteiger partial charge in [-0.15, -0.1) is 0 Å². The zero-order valence-corrected chi connectivity index (χ0v) is 10.7. The number of imidazole rings is 1. The molecular formula is C12H13BrN2O. The first-order chi connectivity index (χ1) is 7.74. The number of benzene rings is 1. The van der Waals surface area contributed by atoms with Crippen molar-refractivity contribution < 1.29 is 4.74 Å². The van der Waals surface area contributed by atoms with Gasteiger partial charge in [-0.3, -0.25) is 0 Å². The molecule has 16 heavy (non-hydrogen) atoms. The van der Waals surface area contributed by atoms with Crippen LogP contribution in [0.15, 0.2) is 16.6 Å². The maximum absolute atomic E-state index is 5.63. The largest absolute Gasteiger partial charge is 0.370 e. The van der Waals surface area contributed by atoms with Crippen molar-refractivity contribution in [2.75, 3.05) is 6.61 Å². The van der Waals surface area contributed by atoms with Crippen molar-refractivity contribution in [2.45, 2.75) is 25.9 Å². The molecule has 2 aromatic rings. The second-order valence-electron chi connectivity index (χ2n) is 4.24. The molecule has 1 N–H and O–H groups in total. The van der Waals surface area contributed by atoms with Crippen LogP contribution in [0.1, 0.15) is 30.3 Å². The minimum Gasteiger partial charge on any atom is -0.370 e.